The van der Waals surface area contributed by atoms with Crippen molar-refractivity contribution in [1.82, 2.24) is 5.32 Å². The molecule has 3 nitrogen and oxygen atoms in total. The lowest BCUT2D eigenvalue weighted by Gasteiger charge is -2.57. The third kappa shape index (κ3) is 3.16. The molecule has 3 heteroatoms. The molecule has 0 amide bonds. The van der Waals surface area contributed by atoms with Crippen LogP contribution in [-0.4, -0.2) is 23.7 Å². The Balaban J connectivity index is 1.41. The van der Waals surface area contributed by atoms with Crippen molar-refractivity contribution in [2.75, 3.05) is 6.54 Å². The minimum absolute atomic E-state index is 0.388. The molecule has 0 aromatic heterocycles. The van der Waals surface area contributed by atoms with Crippen molar-refractivity contribution in [2.45, 2.75) is 51.0 Å². The second-order valence-corrected chi connectivity index (χ2v) is 8.38. The summed E-state index contributed by atoms with van der Waals surface area (Å²) in [6.07, 6.45) is 8.85. The van der Waals surface area contributed by atoms with Gasteiger partial charge >= 0.3 is 5.97 Å². The normalized spacial score (nSPS) is 36.1. The Morgan fingerprint density at radius 1 is 1.09 bits per heavy atom. The number of hydrogen-bond donors (Lipinski definition) is 2. The minimum atomic E-state index is -0.724. The standard InChI is InChI=1S/C20H27NO2/c22-19(23)18(9-14-4-2-1-3-5-14)21-13-20-10-15-6-16(11-20)8-17(7-15)12-20/h1-5,15-18,21H,6-13H2,(H,22,23)/t15?,16?,17?,18-,20?/m0/s1. The number of nitrogens with one attached hydrogen (secondary N) is 1. The molecule has 1 aromatic rings. The summed E-state index contributed by atoms with van der Waals surface area (Å²) < 4.78 is 0. The van der Waals surface area contributed by atoms with Gasteiger partial charge in [0.05, 0.1) is 0 Å². The van der Waals surface area contributed by atoms with Gasteiger partial charge < -0.3 is 10.4 Å². The highest BCUT2D eigenvalue weighted by Crippen LogP contribution is 2.59. The van der Waals surface area contributed by atoms with Gasteiger partial charge in [0.15, 0.2) is 0 Å². The van der Waals surface area contributed by atoms with Gasteiger partial charge in [-0.1, -0.05) is 30.3 Å². The summed E-state index contributed by atoms with van der Waals surface area (Å²) in [5, 5.41) is 13.0. The number of aliphatic carboxylic acids is 1. The maximum Gasteiger partial charge on any atom is 0.321 e. The van der Waals surface area contributed by atoms with Gasteiger partial charge in [-0.2, -0.15) is 0 Å². The van der Waals surface area contributed by atoms with E-state index >= 15 is 0 Å². The van der Waals surface area contributed by atoms with Crippen LogP contribution in [0.5, 0.6) is 0 Å². The molecule has 4 saturated carbocycles. The second kappa shape index (κ2) is 5.94. The molecule has 4 fully saturated rings. The molecule has 4 aliphatic rings. The second-order valence-electron chi connectivity index (χ2n) is 8.38. The fourth-order valence-corrected chi connectivity index (χ4v) is 5.94. The van der Waals surface area contributed by atoms with Crippen LogP contribution in [0.4, 0.5) is 0 Å². The van der Waals surface area contributed by atoms with Crippen molar-refractivity contribution < 1.29 is 9.90 Å². The van der Waals surface area contributed by atoms with E-state index in [-0.39, 0.29) is 0 Å². The van der Waals surface area contributed by atoms with E-state index in [1.807, 2.05) is 30.3 Å². The molecule has 0 unspecified atom stereocenters. The van der Waals surface area contributed by atoms with Crippen LogP contribution in [0.15, 0.2) is 30.3 Å². The highest BCUT2D eigenvalue weighted by Gasteiger charge is 2.50. The highest BCUT2D eigenvalue weighted by molar-refractivity contribution is 5.73. The van der Waals surface area contributed by atoms with Crippen LogP contribution in [-0.2, 0) is 11.2 Å². The average Bonchev–Trinajstić information content (AvgIpc) is 2.51. The Kier molecular flexibility index (Phi) is 3.92. The summed E-state index contributed by atoms with van der Waals surface area (Å²) in [5.41, 5.74) is 1.48. The third-order valence-electron chi connectivity index (χ3n) is 6.47. The monoisotopic (exact) mass is 313 g/mol. The Morgan fingerprint density at radius 3 is 2.17 bits per heavy atom. The predicted molar refractivity (Wildman–Crippen MR) is 90.2 cm³/mol. The van der Waals surface area contributed by atoms with E-state index in [4.69, 9.17) is 0 Å². The lowest BCUT2D eigenvalue weighted by molar-refractivity contribution is -0.140. The molecule has 1 aromatic carbocycles. The van der Waals surface area contributed by atoms with Crippen LogP contribution in [0, 0.1) is 23.2 Å². The molecule has 1 atom stereocenters. The quantitative estimate of drug-likeness (QED) is 0.845. The number of carboxylic acid groups (broad SMARTS) is 1. The Bertz CT molecular complexity index is 533. The predicted octanol–water partition coefficient (Wildman–Crippen LogP) is 3.49. The number of rotatable bonds is 6. The van der Waals surface area contributed by atoms with Gasteiger partial charge in [-0.3, -0.25) is 4.79 Å². The van der Waals surface area contributed by atoms with E-state index in [2.05, 4.69) is 5.32 Å². The van der Waals surface area contributed by atoms with Crippen molar-refractivity contribution >= 4 is 5.97 Å². The van der Waals surface area contributed by atoms with Gasteiger partial charge in [-0.25, -0.2) is 0 Å². The smallest absolute Gasteiger partial charge is 0.321 e. The topological polar surface area (TPSA) is 49.3 Å². The first-order chi connectivity index (χ1) is 11.1. The zero-order valence-electron chi connectivity index (χ0n) is 13.7. The van der Waals surface area contributed by atoms with Crippen LogP contribution in [0.3, 0.4) is 0 Å². The van der Waals surface area contributed by atoms with Crippen molar-refractivity contribution in [2.24, 2.45) is 23.2 Å². The molecule has 0 saturated heterocycles. The largest absolute Gasteiger partial charge is 0.480 e. The summed E-state index contributed by atoms with van der Waals surface area (Å²) in [5.74, 6) is 2.03. The zero-order chi connectivity index (χ0) is 15.9. The summed E-state index contributed by atoms with van der Waals surface area (Å²) in [7, 11) is 0. The van der Waals surface area contributed by atoms with E-state index in [9.17, 15) is 9.90 Å². The van der Waals surface area contributed by atoms with Crippen molar-refractivity contribution in [3.8, 4) is 0 Å². The summed E-state index contributed by atoms with van der Waals surface area (Å²) >= 11 is 0. The van der Waals surface area contributed by atoms with E-state index in [0.717, 1.165) is 29.9 Å². The van der Waals surface area contributed by atoms with Crippen LogP contribution in [0.25, 0.3) is 0 Å². The third-order valence-corrected chi connectivity index (χ3v) is 6.47. The first-order valence-electron chi connectivity index (χ1n) is 9.12. The molecular weight excluding hydrogens is 286 g/mol. The first kappa shape index (κ1) is 15.2. The molecule has 0 radical (unpaired) electrons. The number of hydrogen-bond acceptors (Lipinski definition) is 2. The average molecular weight is 313 g/mol. The molecular formula is C20H27NO2. The first-order valence-corrected chi connectivity index (χ1v) is 9.12. The van der Waals surface area contributed by atoms with Gasteiger partial charge in [0.25, 0.3) is 0 Å². The highest BCUT2D eigenvalue weighted by atomic mass is 16.4. The maximum absolute atomic E-state index is 11.7. The molecule has 124 valence electrons. The van der Waals surface area contributed by atoms with Gasteiger partial charge in [0.1, 0.15) is 6.04 Å². The molecule has 4 bridgehead atoms. The van der Waals surface area contributed by atoms with Crippen molar-refractivity contribution in [3.63, 3.8) is 0 Å². The fourth-order valence-electron chi connectivity index (χ4n) is 5.94. The Hall–Kier alpha value is -1.35. The summed E-state index contributed by atoms with van der Waals surface area (Å²) in [6.45, 7) is 0.889. The van der Waals surface area contributed by atoms with E-state index in [0.29, 0.717) is 11.8 Å². The maximum atomic E-state index is 11.7. The molecule has 5 rings (SSSR count). The molecule has 2 N–H and O–H groups in total. The Labute approximate surface area is 138 Å². The number of carbonyl (C=O) groups is 1. The van der Waals surface area contributed by atoms with Gasteiger partial charge in [0.2, 0.25) is 0 Å². The van der Waals surface area contributed by atoms with Crippen molar-refractivity contribution in [3.05, 3.63) is 35.9 Å². The summed E-state index contributed by atoms with van der Waals surface area (Å²) in [6, 6.07) is 9.50. The van der Waals surface area contributed by atoms with E-state index in [1.165, 1.54) is 38.5 Å². The molecule has 0 heterocycles. The van der Waals surface area contributed by atoms with E-state index < -0.39 is 12.0 Å². The zero-order valence-corrected chi connectivity index (χ0v) is 13.7. The Morgan fingerprint density at radius 2 is 1.65 bits per heavy atom. The number of carboxylic acids is 1. The van der Waals surface area contributed by atoms with E-state index in [1.54, 1.807) is 0 Å². The SMILES string of the molecule is O=C(O)[C@H](Cc1ccccc1)NCC12CC3CC(CC(C3)C1)C2. The van der Waals surface area contributed by atoms with Crippen LogP contribution < -0.4 is 5.32 Å². The number of benzene rings is 1. The van der Waals surface area contributed by atoms with Crippen LogP contribution in [0.1, 0.15) is 44.1 Å². The molecule has 4 aliphatic carbocycles. The molecule has 0 spiro atoms. The van der Waals surface area contributed by atoms with Crippen LogP contribution in [0.2, 0.25) is 0 Å². The lowest BCUT2D eigenvalue weighted by Crippen LogP contribution is -2.53. The molecule has 23 heavy (non-hydrogen) atoms. The lowest BCUT2D eigenvalue weighted by atomic mass is 9.49. The van der Waals surface area contributed by atoms with Gasteiger partial charge in [-0.05, 0) is 73.7 Å². The van der Waals surface area contributed by atoms with Crippen LogP contribution >= 0.6 is 0 Å². The fraction of sp³-hybridized carbons (Fsp3) is 0.650. The summed E-state index contributed by atoms with van der Waals surface area (Å²) in [4.78, 5) is 11.7. The minimum Gasteiger partial charge on any atom is -0.480 e. The van der Waals surface area contributed by atoms with Gasteiger partial charge in [0, 0.05) is 6.54 Å². The van der Waals surface area contributed by atoms with Gasteiger partial charge in [-0.15, -0.1) is 0 Å². The molecule has 0 aliphatic heterocycles. The van der Waals surface area contributed by atoms with Crippen molar-refractivity contribution in [1.29, 1.82) is 0 Å².